The van der Waals surface area contributed by atoms with Crippen molar-refractivity contribution >= 4 is 17.8 Å². The van der Waals surface area contributed by atoms with E-state index in [-0.39, 0.29) is 25.3 Å². The van der Waals surface area contributed by atoms with Gasteiger partial charge in [0.2, 0.25) is 11.8 Å². The zero-order chi connectivity index (χ0) is 16.2. The maximum atomic E-state index is 12.2. The van der Waals surface area contributed by atoms with Crippen LogP contribution in [0, 0.1) is 17.2 Å². The second-order valence-electron chi connectivity index (χ2n) is 5.24. The molecule has 4 atom stereocenters. The number of hydrogen-bond donors (Lipinski definition) is 3. The Morgan fingerprint density at radius 1 is 1.48 bits per heavy atom. The van der Waals surface area contributed by atoms with Crippen molar-refractivity contribution in [2.75, 3.05) is 6.54 Å². The summed E-state index contributed by atoms with van der Waals surface area (Å²) in [5.74, 6) is -2.78. The zero-order valence-electron chi connectivity index (χ0n) is 11.9. The number of likely N-dealkylation sites (tertiary alicyclic amines) is 1. The molecule has 0 bridgehead atoms. The Hall–Kier alpha value is -2.14. The van der Waals surface area contributed by atoms with E-state index in [4.69, 9.17) is 10.4 Å². The highest BCUT2D eigenvalue weighted by Gasteiger charge is 2.39. The van der Waals surface area contributed by atoms with Crippen molar-refractivity contribution in [3.8, 4) is 6.07 Å². The van der Waals surface area contributed by atoms with Crippen LogP contribution in [0.4, 0.5) is 0 Å². The van der Waals surface area contributed by atoms with E-state index in [0.29, 0.717) is 0 Å². The van der Waals surface area contributed by atoms with Gasteiger partial charge in [0, 0.05) is 32.2 Å². The normalized spacial score (nSPS) is 24.0. The highest BCUT2D eigenvalue weighted by atomic mass is 16.4. The molecule has 1 rings (SSSR count). The number of carbonyl (C=O) groups excluding carboxylic acids is 2. The summed E-state index contributed by atoms with van der Waals surface area (Å²) in [6.45, 7) is 2.89. The number of aliphatic hydroxyl groups is 1. The largest absolute Gasteiger partial charge is 0.480 e. The van der Waals surface area contributed by atoms with Gasteiger partial charge in [-0.25, -0.2) is 4.79 Å². The maximum absolute atomic E-state index is 12.2. The Labute approximate surface area is 122 Å². The number of carboxylic acid groups (broad SMARTS) is 1. The van der Waals surface area contributed by atoms with E-state index in [1.54, 1.807) is 6.92 Å². The Morgan fingerprint density at radius 2 is 2.10 bits per heavy atom. The molecule has 1 fully saturated rings. The average molecular weight is 297 g/mol. The number of amides is 2. The lowest BCUT2D eigenvalue weighted by Crippen LogP contribution is -2.52. The standard InChI is InChI=1S/C13H19N3O5/c1-7(3-4-14)11(13(20)21)15-12(19)10-5-9(18)6-16(10)8(2)17/h7,9-11,18H,3,5-6H2,1-2H3,(H,15,19)(H,20,21)/t7-,9+,10-,11-/m0/s1. The van der Waals surface area contributed by atoms with Crippen molar-refractivity contribution in [2.24, 2.45) is 5.92 Å². The molecule has 0 aliphatic carbocycles. The van der Waals surface area contributed by atoms with Gasteiger partial charge in [-0.2, -0.15) is 5.26 Å². The highest BCUT2D eigenvalue weighted by molar-refractivity contribution is 5.90. The lowest BCUT2D eigenvalue weighted by Gasteiger charge is -2.25. The molecule has 2 amide bonds. The van der Waals surface area contributed by atoms with Crippen molar-refractivity contribution in [2.45, 2.75) is 44.9 Å². The molecule has 0 spiro atoms. The Morgan fingerprint density at radius 3 is 2.57 bits per heavy atom. The number of nitriles is 1. The van der Waals surface area contributed by atoms with Crippen LogP contribution in [0.25, 0.3) is 0 Å². The summed E-state index contributed by atoms with van der Waals surface area (Å²) < 4.78 is 0. The summed E-state index contributed by atoms with van der Waals surface area (Å²) in [4.78, 5) is 36.0. The third-order valence-electron chi connectivity index (χ3n) is 3.53. The first-order chi connectivity index (χ1) is 9.77. The van der Waals surface area contributed by atoms with Crippen LogP contribution in [0.5, 0.6) is 0 Å². The lowest BCUT2D eigenvalue weighted by atomic mass is 9.98. The van der Waals surface area contributed by atoms with E-state index in [0.717, 1.165) is 0 Å². The van der Waals surface area contributed by atoms with Crippen LogP contribution in [-0.4, -0.2) is 57.6 Å². The van der Waals surface area contributed by atoms with Crippen molar-refractivity contribution in [1.82, 2.24) is 10.2 Å². The van der Waals surface area contributed by atoms with Crippen molar-refractivity contribution in [1.29, 1.82) is 5.26 Å². The van der Waals surface area contributed by atoms with E-state index < -0.39 is 36.0 Å². The summed E-state index contributed by atoms with van der Waals surface area (Å²) in [5.41, 5.74) is 0. The maximum Gasteiger partial charge on any atom is 0.326 e. The summed E-state index contributed by atoms with van der Waals surface area (Å²) in [5, 5.41) is 29.7. The number of hydrogen-bond acceptors (Lipinski definition) is 5. The molecule has 1 aliphatic heterocycles. The molecule has 8 heteroatoms. The molecule has 0 radical (unpaired) electrons. The zero-order valence-corrected chi connectivity index (χ0v) is 11.9. The fourth-order valence-corrected chi connectivity index (χ4v) is 2.37. The summed E-state index contributed by atoms with van der Waals surface area (Å²) in [6.07, 6.45) is -0.741. The SMILES string of the molecule is CC(=O)N1C[C@H](O)C[C@H]1C(=O)N[C@H](C(=O)O)[C@@H](C)CC#N. The number of aliphatic carboxylic acids is 1. The molecule has 3 N–H and O–H groups in total. The van der Waals surface area contributed by atoms with E-state index in [1.165, 1.54) is 11.8 Å². The Bertz CT molecular complexity index is 473. The van der Waals surface area contributed by atoms with E-state index in [2.05, 4.69) is 5.32 Å². The van der Waals surface area contributed by atoms with Crippen molar-refractivity contribution in [3.63, 3.8) is 0 Å². The van der Waals surface area contributed by atoms with Crippen LogP contribution in [0.2, 0.25) is 0 Å². The summed E-state index contributed by atoms with van der Waals surface area (Å²) in [6, 6.07) is -0.225. The number of nitrogens with zero attached hydrogens (tertiary/aromatic N) is 2. The molecule has 0 unspecified atom stereocenters. The Balaban J connectivity index is 2.80. The molecule has 1 heterocycles. The van der Waals surface area contributed by atoms with Gasteiger partial charge >= 0.3 is 5.97 Å². The van der Waals surface area contributed by atoms with Crippen molar-refractivity contribution < 1.29 is 24.6 Å². The molecule has 1 aliphatic rings. The Kier molecular flexibility index (Phi) is 5.67. The minimum atomic E-state index is -1.24. The fraction of sp³-hybridized carbons (Fsp3) is 0.692. The number of carboxylic acids is 1. The topological polar surface area (TPSA) is 131 Å². The third-order valence-corrected chi connectivity index (χ3v) is 3.53. The molecular formula is C13H19N3O5. The van der Waals surface area contributed by atoms with Crippen LogP contribution in [-0.2, 0) is 14.4 Å². The van der Waals surface area contributed by atoms with Gasteiger partial charge in [0.05, 0.1) is 12.2 Å². The van der Waals surface area contributed by atoms with Crippen LogP contribution >= 0.6 is 0 Å². The summed E-state index contributed by atoms with van der Waals surface area (Å²) >= 11 is 0. The van der Waals surface area contributed by atoms with Gasteiger partial charge in [0.25, 0.3) is 0 Å². The monoisotopic (exact) mass is 297 g/mol. The fourth-order valence-electron chi connectivity index (χ4n) is 2.37. The number of aliphatic hydroxyl groups excluding tert-OH is 1. The molecule has 8 nitrogen and oxygen atoms in total. The predicted octanol–water partition coefficient (Wildman–Crippen LogP) is -0.913. The molecule has 21 heavy (non-hydrogen) atoms. The number of nitrogens with one attached hydrogen (secondary N) is 1. The van der Waals surface area contributed by atoms with Crippen LogP contribution in [0.15, 0.2) is 0 Å². The first-order valence-corrected chi connectivity index (χ1v) is 6.63. The van der Waals surface area contributed by atoms with Gasteiger partial charge in [-0.3, -0.25) is 9.59 Å². The van der Waals surface area contributed by atoms with Gasteiger partial charge in [-0.15, -0.1) is 0 Å². The van der Waals surface area contributed by atoms with Gasteiger partial charge in [0.15, 0.2) is 0 Å². The molecule has 0 aromatic rings. The van der Waals surface area contributed by atoms with Gasteiger partial charge < -0.3 is 20.4 Å². The van der Waals surface area contributed by atoms with Crippen molar-refractivity contribution in [3.05, 3.63) is 0 Å². The highest BCUT2D eigenvalue weighted by Crippen LogP contribution is 2.19. The van der Waals surface area contributed by atoms with E-state index in [9.17, 15) is 19.5 Å². The molecule has 0 aromatic heterocycles. The first-order valence-electron chi connectivity index (χ1n) is 6.63. The van der Waals surface area contributed by atoms with Gasteiger partial charge in [0.1, 0.15) is 12.1 Å². The quantitative estimate of drug-likeness (QED) is 0.602. The smallest absolute Gasteiger partial charge is 0.326 e. The first kappa shape index (κ1) is 16.9. The summed E-state index contributed by atoms with van der Waals surface area (Å²) in [7, 11) is 0. The number of rotatable bonds is 5. The molecule has 0 saturated carbocycles. The molecule has 116 valence electrons. The van der Waals surface area contributed by atoms with E-state index in [1.807, 2.05) is 6.07 Å². The molecular weight excluding hydrogens is 278 g/mol. The minimum absolute atomic E-state index is 0.0129. The van der Waals surface area contributed by atoms with Crippen LogP contribution < -0.4 is 5.32 Å². The van der Waals surface area contributed by atoms with Gasteiger partial charge in [-0.05, 0) is 0 Å². The lowest BCUT2D eigenvalue weighted by molar-refractivity contribution is -0.144. The van der Waals surface area contributed by atoms with Crippen LogP contribution in [0.3, 0.4) is 0 Å². The minimum Gasteiger partial charge on any atom is -0.480 e. The average Bonchev–Trinajstić information content (AvgIpc) is 2.78. The second kappa shape index (κ2) is 7.04. The second-order valence-corrected chi connectivity index (χ2v) is 5.24. The predicted molar refractivity (Wildman–Crippen MR) is 70.8 cm³/mol. The molecule has 0 aromatic carbocycles. The van der Waals surface area contributed by atoms with Gasteiger partial charge in [-0.1, -0.05) is 6.92 Å². The van der Waals surface area contributed by atoms with E-state index >= 15 is 0 Å². The number of β-amino-alcohol motifs (C(OH)–C–C–N with tert-alkyl or cyclic N) is 1. The van der Waals surface area contributed by atoms with Crippen LogP contribution in [0.1, 0.15) is 26.7 Å². The third kappa shape index (κ3) is 4.16. The molecule has 1 saturated heterocycles. The number of carbonyl (C=O) groups is 3.